The molecule has 0 fully saturated rings. The molecule has 0 radical (unpaired) electrons. The minimum atomic E-state index is 0.661. The van der Waals surface area contributed by atoms with Crippen molar-refractivity contribution in [3.8, 4) is 5.75 Å². The molecular weight excluding hydrogens is 252 g/mol. The second-order valence-electron chi connectivity index (χ2n) is 4.43. The molecule has 0 aliphatic rings. The van der Waals surface area contributed by atoms with Gasteiger partial charge in [-0.25, -0.2) is 9.97 Å². The molecule has 0 saturated carbocycles. The molecule has 0 unspecified atom stereocenters. The van der Waals surface area contributed by atoms with Crippen molar-refractivity contribution in [3.63, 3.8) is 0 Å². The number of nitrogens with two attached hydrogens (primary N) is 1. The third kappa shape index (κ3) is 3.93. The van der Waals surface area contributed by atoms with E-state index in [1.54, 1.807) is 19.5 Å². The average molecular weight is 272 g/mol. The summed E-state index contributed by atoms with van der Waals surface area (Å²) < 4.78 is 5.28. The van der Waals surface area contributed by atoms with Gasteiger partial charge in [-0.3, -0.25) is 0 Å². The Bertz CT molecular complexity index is 518. The van der Waals surface area contributed by atoms with Gasteiger partial charge in [0.25, 0.3) is 0 Å². The Labute approximate surface area is 119 Å². The highest BCUT2D eigenvalue weighted by Gasteiger charge is 2.09. The fraction of sp³-hybridized carbons (Fsp3) is 0.333. The molecule has 2 rings (SSSR count). The summed E-state index contributed by atoms with van der Waals surface area (Å²) >= 11 is 0. The van der Waals surface area contributed by atoms with Gasteiger partial charge in [0.15, 0.2) is 0 Å². The molecular formula is C15H20N4O. The van der Waals surface area contributed by atoms with Gasteiger partial charge in [-0.2, -0.15) is 0 Å². The van der Waals surface area contributed by atoms with E-state index < -0.39 is 0 Å². The van der Waals surface area contributed by atoms with Crippen LogP contribution >= 0.6 is 0 Å². The van der Waals surface area contributed by atoms with E-state index in [0.29, 0.717) is 13.1 Å². The molecule has 2 N–H and O–H groups in total. The third-order valence-electron chi connectivity index (χ3n) is 3.00. The molecule has 0 atom stereocenters. The van der Waals surface area contributed by atoms with Crippen LogP contribution in [0.5, 0.6) is 5.75 Å². The second kappa shape index (κ2) is 7.45. The van der Waals surface area contributed by atoms with Crippen molar-refractivity contribution in [2.75, 3.05) is 25.1 Å². The van der Waals surface area contributed by atoms with Gasteiger partial charge in [0.2, 0.25) is 0 Å². The molecule has 20 heavy (non-hydrogen) atoms. The summed E-state index contributed by atoms with van der Waals surface area (Å²) in [6.45, 7) is 2.19. The van der Waals surface area contributed by atoms with Gasteiger partial charge in [0, 0.05) is 30.7 Å². The maximum atomic E-state index is 5.62. The Morgan fingerprint density at radius 3 is 2.70 bits per heavy atom. The summed E-state index contributed by atoms with van der Waals surface area (Å²) in [4.78, 5) is 10.8. The molecule has 1 aromatic heterocycles. The van der Waals surface area contributed by atoms with Crippen LogP contribution in [0.3, 0.4) is 0 Å². The van der Waals surface area contributed by atoms with Gasteiger partial charge >= 0.3 is 0 Å². The normalized spacial score (nSPS) is 10.3. The van der Waals surface area contributed by atoms with Gasteiger partial charge < -0.3 is 15.4 Å². The number of ether oxygens (including phenoxy) is 1. The highest BCUT2D eigenvalue weighted by atomic mass is 16.5. The smallest absolute Gasteiger partial charge is 0.147 e. The summed E-state index contributed by atoms with van der Waals surface area (Å²) in [5, 5.41) is 0. The Hall–Kier alpha value is -2.14. The van der Waals surface area contributed by atoms with Crippen molar-refractivity contribution >= 4 is 5.69 Å². The van der Waals surface area contributed by atoms with Crippen LogP contribution < -0.4 is 15.4 Å². The van der Waals surface area contributed by atoms with Crippen LogP contribution in [0.25, 0.3) is 0 Å². The summed E-state index contributed by atoms with van der Waals surface area (Å²) in [6, 6.07) is 9.81. The van der Waals surface area contributed by atoms with Crippen molar-refractivity contribution in [2.45, 2.75) is 13.0 Å². The van der Waals surface area contributed by atoms with Crippen LogP contribution in [0, 0.1) is 0 Å². The first-order valence-electron chi connectivity index (χ1n) is 6.68. The standard InChI is InChI=1S/C15H20N4O/c1-20-14-6-2-5-13(11-14)19(10-3-7-16)12-15-17-8-4-9-18-15/h2,4-6,8-9,11H,3,7,10,12,16H2,1H3. The van der Waals surface area contributed by atoms with Gasteiger partial charge in [0.1, 0.15) is 11.6 Å². The van der Waals surface area contributed by atoms with Crippen LogP contribution in [0.2, 0.25) is 0 Å². The monoisotopic (exact) mass is 272 g/mol. The van der Waals surface area contributed by atoms with E-state index in [4.69, 9.17) is 10.5 Å². The first-order valence-corrected chi connectivity index (χ1v) is 6.68. The summed E-state index contributed by atoms with van der Waals surface area (Å²) in [6.07, 6.45) is 4.44. The van der Waals surface area contributed by atoms with Gasteiger partial charge in [-0.15, -0.1) is 0 Å². The Kier molecular flexibility index (Phi) is 5.32. The van der Waals surface area contributed by atoms with Crippen LogP contribution in [0.4, 0.5) is 5.69 Å². The lowest BCUT2D eigenvalue weighted by Crippen LogP contribution is -2.26. The number of hydrogen-bond acceptors (Lipinski definition) is 5. The topological polar surface area (TPSA) is 64.3 Å². The molecule has 1 aromatic carbocycles. The Morgan fingerprint density at radius 2 is 2.00 bits per heavy atom. The largest absolute Gasteiger partial charge is 0.497 e. The van der Waals surface area contributed by atoms with Crippen molar-refractivity contribution in [2.24, 2.45) is 5.73 Å². The molecule has 0 aliphatic carbocycles. The zero-order valence-electron chi connectivity index (χ0n) is 11.7. The van der Waals surface area contributed by atoms with Crippen LogP contribution in [0.15, 0.2) is 42.7 Å². The number of methoxy groups -OCH3 is 1. The van der Waals surface area contributed by atoms with E-state index in [-0.39, 0.29) is 0 Å². The van der Waals surface area contributed by atoms with Crippen molar-refractivity contribution < 1.29 is 4.74 Å². The van der Waals surface area contributed by atoms with E-state index in [9.17, 15) is 0 Å². The van der Waals surface area contributed by atoms with Crippen molar-refractivity contribution in [3.05, 3.63) is 48.5 Å². The zero-order chi connectivity index (χ0) is 14.2. The fourth-order valence-electron chi connectivity index (χ4n) is 1.97. The number of nitrogens with zero attached hydrogens (tertiary/aromatic N) is 3. The minimum absolute atomic E-state index is 0.661. The summed E-state index contributed by atoms with van der Waals surface area (Å²) in [5.74, 6) is 1.64. The SMILES string of the molecule is COc1cccc(N(CCCN)Cc2ncccn2)c1. The van der Waals surface area contributed by atoms with E-state index in [0.717, 1.165) is 30.2 Å². The number of anilines is 1. The molecule has 0 spiro atoms. The van der Waals surface area contributed by atoms with Gasteiger partial charge in [0.05, 0.1) is 13.7 Å². The lowest BCUT2D eigenvalue weighted by Gasteiger charge is -2.24. The molecule has 0 bridgehead atoms. The number of rotatable bonds is 7. The number of aromatic nitrogens is 2. The maximum absolute atomic E-state index is 5.62. The van der Waals surface area contributed by atoms with Crippen LogP contribution in [-0.4, -0.2) is 30.2 Å². The van der Waals surface area contributed by atoms with Gasteiger partial charge in [-0.05, 0) is 31.2 Å². The molecule has 106 valence electrons. The summed E-state index contributed by atoms with van der Waals surface area (Å²) in [7, 11) is 1.67. The third-order valence-corrected chi connectivity index (χ3v) is 3.00. The minimum Gasteiger partial charge on any atom is -0.497 e. The maximum Gasteiger partial charge on any atom is 0.147 e. The number of benzene rings is 1. The second-order valence-corrected chi connectivity index (χ2v) is 4.43. The first kappa shape index (κ1) is 14.3. The predicted molar refractivity (Wildman–Crippen MR) is 79.7 cm³/mol. The van der Waals surface area contributed by atoms with Crippen LogP contribution in [-0.2, 0) is 6.54 Å². The molecule has 1 heterocycles. The molecule has 0 saturated heterocycles. The molecule has 5 heteroatoms. The van der Waals surface area contributed by atoms with Crippen molar-refractivity contribution in [1.29, 1.82) is 0 Å². The van der Waals surface area contributed by atoms with E-state index >= 15 is 0 Å². The zero-order valence-corrected chi connectivity index (χ0v) is 11.7. The number of hydrogen-bond donors (Lipinski definition) is 1. The molecule has 0 aliphatic heterocycles. The fourth-order valence-corrected chi connectivity index (χ4v) is 1.97. The van der Waals surface area contributed by atoms with Crippen LogP contribution in [0.1, 0.15) is 12.2 Å². The molecule has 5 nitrogen and oxygen atoms in total. The predicted octanol–water partition coefficient (Wildman–Crippen LogP) is 1.84. The van der Waals surface area contributed by atoms with E-state index in [1.165, 1.54) is 0 Å². The van der Waals surface area contributed by atoms with E-state index in [2.05, 4.69) is 20.9 Å². The Morgan fingerprint density at radius 1 is 1.20 bits per heavy atom. The first-order chi connectivity index (χ1) is 9.83. The molecule has 0 amide bonds. The summed E-state index contributed by atoms with van der Waals surface area (Å²) in [5.41, 5.74) is 6.71. The average Bonchev–Trinajstić information content (AvgIpc) is 2.52. The lowest BCUT2D eigenvalue weighted by atomic mass is 10.2. The van der Waals surface area contributed by atoms with Gasteiger partial charge in [-0.1, -0.05) is 6.07 Å². The Balaban J connectivity index is 2.17. The van der Waals surface area contributed by atoms with Crippen molar-refractivity contribution in [1.82, 2.24) is 9.97 Å². The highest BCUT2D eigenvalue weighted by Crippen LogP contribution is 2.22. The quantitative estimate of drug-likeness (QED) is 0.833. The molecule has 2 aromatic rings. The lowest BCUT2D eigenvalue weighted by molar-refractivity contribution is 0.414. The van der Waals surface area contributed by atoms with E-state index in [1.807, 2.05) is 24.3 Å². The highest BCUT2D eigenvalue weighted by molar-refractivity contribution is 5.50.